The van der Waals surface area contributed by atoms with Gasteiger partial charge in [-0.1, -0.05) is 30.3 Å². The molecule has 3 heteroatoms. The normalized spacial score (nSPS) is 11.9. The summed E-state index contributed by atoms with van der Waals surface area (Å²) in [6.07, 6.45) is 1.56. The largest absolute Gasteiger partial charge is 0.271 e. The molecule has 0 radical (unpaired) electrons. The first-order chi connectivity index (χ1) is 9.27. The van der Waals surface area contributed by atoms with Gasteiger partial charge in [0.25, 0.3) is 0 Å². The van der Waals surface area contributed by atoms with Gasteiger partial charge in [-0.15, -0.1) is 11.8 Å². The van der Waals surface area contributed by atoms with Crippen molar-refractivity contribution in [3.05, 3.63) is 47.8 Å². The van der Waals surface area contributed by atoms with E-state index in [2.05, 4.69) is 17.3 Å². The molecule has 0 aliphatic heterocycles. The first-order valence-electron chi connectivity index (χ1n) is 6.30. The minimum Gasteiger partial charge on any atom is -0.271 e. The first-order valence-corrected chi connectivity index (χ1v) is 6.30. The van der Waals surface area contributed by atoms with E-state index in [0.29, 0.717) is 5.39 Å². The van der Waals surface area contributed by atoms with E-state index in [4.69, 9.17) is 5.84 Å². The number of hydrogen-bond donors (Lipinski definition) is 2. The molecule has 0 heterocycles. The quantitative estimate of drug-likeness (QED) is 0.500. The smallest absolute Gasteiger partial charge is 0.131 e. The van der Waals surface area contributed by atoms with Crippen molar-refractivity contribution in [2.45, 2.75) is 25.8 Å². The second-order valence-corrected chi connectivity index (χ2v) is 4.37. The van der Waals surface area contributed by atoms with Crippen LogP contribution in [-0.2, 0) is 0 Å². The topological polar surface area (TPSA) is 38.0 Å². The summed E-state index contributed by atoms with van der Waals surface area (Å²) in [5.74, 6) is 11.3. The third kappa shape index (κ3) is 2.93. The maximum atomic E-state index is 13.8. The van der Waals surface area contributed by atoms with E-state index in [-0.39, 0.29) is 11.9 Å². The van der Waals surface area contributed by atoms with Gasteiger partial charge in [-0.25, -0.2) is 4.39 Å². The van der Waals surface area contributed by atoms with Gasteiger partial charge in [-0.3, -0.25) is 11.3 Å². The van der Waals surface area contributed by atoms with Crippen molar-refractivity contribution >= 4 is 10.8 Å². The van der Waals surface area contributed by atoms with E-state index in [1.165, 1.54) is 6.07 Å². The van der Waals surface area contributed by atoms with Crippen molar-refractivity contribution in [2.75, 3.05) is 0 Å². The van der Waals surface area contributed by atoms with E-state index in [0.717, 1.165) is 23.8 Å². The van der Waals surface area contributed by atoms with Gasteiger partial charge in [-0.05, 0) is 30.4 Å². The Morgan fingerprint density at radius 1 is 1.21 bits per heavy atom. The molecule has 0 aliphatic carbocycles. The lowest BCUT2D eigenvalue weighted by Crippen LogP contribution is -2.28. The van der Waals surface area contributed by atoms with Crippen molar-refractivity contribution in [2.24, 2.45) is 5.84 Å². The summed E-state index contributed by atoms with van der Waals surface area (Å²) in [5.41, 5.74) is 3.81. The Bertz CT molecular complexity index is 625. The predicted molar refractivity (Wildman–Crippen MR) is 76.7 cm³/mol. The number of halogens is 1. The van der Waals surface area contributed by atoms with Crippen molar-refractivity contribution in [3.8, 4) is 11.8 Å². The summed E-state index contributed by atoms with van der Waals surface area (Å²) in [7, 11) is 0. The van der Waals surface area contributed by atoms with Gasteiger partial charge < -0.3 is 0 Å². The van der Waals surface area contributed by atoms with Crippen LogP contribution in [0.1, 0.15) is 31.4 Å². The third-order valence-electron chi connectivity index (χ3n) is 3.22. The molecular weight excluding hydrogens is 239 g/mol. The van der Waals surface area contributed by atoms with Gasteiger partial charge in [0.05, 0.1) is 0 Å². The fourth-order valence-electron chi connectivity index (χ4n) is 2.26. The molecule has 2 nitrogen and oxygen atoms in total. The minimum absolute atomic E-state index is 0.0219. The number of nitrogens with one attached hydrogen (secondary N) is 1. The fourth-order valence-corrected chi connectivity index (χ4v) is 2.26. The van der Waals surface area contributed by atoms with Crippen LogP contribution in [-0.4, -0.2) is 0 Å². The Labute approximate surface area is 112 Å². The van der Waals surface area contributed by atoms with Crippen LogP contribution in [0.4, 0.5) is 4.39 Å². The summed E-state index contributed by atoms with van der Waals surface area (Å²) in [6.45, 7) is 1.82. The summed E-state index contributed by atoms with van der Waals surface area (Å²) in [4.78, 5) is 0. The standard InChI is InChI=1S/C16H17FN2/c1-2-3-4-9-16(19-18)14-10-11-15(17)13-8-6-5-7-12(13)14/h5-8,10-11,16,19H,4,9,18H2,1H3. The van der Waals surface area contributed by atoms with E-state index >= 15 is 0 Å². The van der Waals surface area contributed by atoms with Crippen LogP contribution in [0.3, 0.4) is 0 Å². The summed E-state index contributed by atoms with van der Waals surface area (Å²) < 4.78 is 13.8. The monoisotopic (exact) mass is 256 g/mol. The third-order valence-corrected chi connectivity index (χ3v) is 3.22. The molecule has 0 fully saturated rings. The SMILES string of the molecule is CC#CCCC(NN)c1ccc(F)c2ccccc12. The Morgan fingerprint density at radius 3 is 2.63 bits per heavy atom. The number of hydrazine groups is 1. The van der Waals surface area contributed by atoms with Crippen LogP contribution in [0.2, 0.25) is 0 Å². The molecule has 0 saturated heterocycles. The van der Waals surface area contributed by atoms with Gasteiger partial charge in [0.1, 0.15) is 5.82 Å². The van der Waals surface area contributed by atoms with E-state index in [9.17, 15) is 4.39 Å². The molecule has 0 spiro atoms. The lowest BCUT2D eigenvalue weighted by Gasteiger charge is -2.17. The van der Waals surface area contributed by atoms with Crippen molar-refractivity contribution in [3.63, 3.8) is 0 Å². The van der Waals surface area contributed by atoms with Crippen LogP contribution < -0.4 is 11.3 Å². The zero-order chi connectivity index (χ0) is 13.7. The van der Waals surface area contributed by atoms with E-state index < -0.39 is 0 Å². The van der Waals surface area contributed by atoms with Gasteiger partial charge in [0, 0.05) is 17.8 Å². The van der Waals surface area contributed by atoms with Gasteiger partial charge in [0.15, 0.2) is 0 Å². The van der Waals surface area contributed by atoms with E-state index in [1.54, 1.807) is 12.1 Å². The van der Waals surface area contributed by atoms with Gasteiger partial charge >= 0.3 is 0 Å². The van der Waals surface area contributed by atoms with Gasteiger partial charge in [-0.2, -0.15) is 0 Å². The van der Waals surface area contributed by atoms with Crippen molar-refractivity contribution in [1.82, 2.24) is 5.43 Å². The highest BCUT2D eigenvalue weighted by molar-refractivity contribution is 5.86. The molecule has 0 aromatic heterocycles. The molecule has 98 valence electrons. The van der Waals surface area contributed by atoms with Gasteiger partial charge in [0.2, 0.25) is 0 Å². The molecule has 19 heavy (non-hydrogen) atoms. The minimum atomic E-state index is -0.205. The molecule has 2 aromatic rings. The Balaban J connectivity index is 2.42. The molecule has 2 rings (SSSR count). The fraction of sp³-hybridized carbons (Fsp3) is 0.250. The second kappa shape index (κ2) is 6.33. The maximum absolute atomic E-state index is 13.8. The number of nitrogens with two attached hydrogens (primary N) is 1. The second-order valence-electron chi connectivity index (χ2n) is 4.37. The molecule has 0 amide bonds. The Hall–Kier alpha value is -1.89. The predicted octanol–water partition coefficient (Wildman–Crippen LogP) is 3.29. The number of fused-ring (bicyclic) bond motifs is 1. The zero-order valence-corrected chi connectivity index (χ0v) is 10.9. The molecule has 3 N–H and O–H groups in total. The number of hydrogen-bond acceptors (Lipinski definition) is 2. The summed E-state index contributed by atoms with van der Waals surface area (Å²) in [6, 6.07) is 10.7. The zero-order valence-electron chi connectivity index (χ0n) is 10.9. The number of rotatable bonds is 4. The lowest BCUT2D eigenvalue weighted by molar-refractivity contribution is 0.526. The highest BCUT2D eigenvalue weighted by Gasteiger charge is 2.13. The molecule has 0 aliphatic rings. The number of benzene rings is 2. The maximum Gasteiger partial charge on any atom is 0.131 e. The molecule has 1 atom stereocenters. The van der Waals surface area contributed by atoms with Crippen LogP contribution in [0, 0.1) is 17.7 Å². The average Bonchev–Trinajstić information content (AvgIpc) is 2.45. The van der Waals surface area contributed by atoms with Crippen molar-refractivity contribution < 1.29 is 4.39 Å². The average molecular weight is 256 g/mol. The molecule has 1 unspecified atom stereocenters. The summed E-state index contributed by atoms with van der Waals surface area (Å²) >= 11 is 0. The van der Waals surface area contributed by atoms with Crippen LogP contribution in [0.25, 0.3) is 10.8 Å². The Kier molecular flexibility index (Phi) is 4.51. The highest BCUT2D eigenvalue weighted by Crippen LogP contribution is 2.28. The highest BCUT2D eigenvalue weighted by atomic mass is 19.1. The van der Waals surface area contributed by atoms with Crippen LogP contribution >= 0.6 is 0 Å². The van der Waals surface area contributed by atoms with E-state index in [1.807, 2.05) is 25.1 Å². The molecular formula is C16H17FN2. The Morgan fingerprint density at radius 2 is 1.95 bits per heavy atom. The molecule has 2 aromatic carbocycles. The van der Waals surface area contributed by atoms with Crippen molar-refractivity contribution in [1.29, 1.82) is 0 Å². The summed E-state index contributed by atoms with van der Waals surface area (Å²) in [5, 5.41) is 1.52. The van der Waals surface area contributed by atoms with Crippen LogP contribution in [0.15, 0.2) is 36.4 Å². The van der Waals surface area contributed by atoms with Crippen LogP contribution in [0.5, 0.6) is 0 Å². The lowest BCUT2D eigenvalue weighted by atomic mass is 9.96. The molecule has 0 bridgehead atoms. The first kappa shape index (κ1) is 13.5. The molecule has 0 saturated carbocycles.